The van der Waals surface area contributed by atoms with Gasteiger partial charge in [0.2, 0.25) is 0 Å². The van der Waals surface area contributed by atoms with Gasteiger partial charge in [-0.05, 0) is 64.0 Å². The molecule has 0 bridgehead atoms. The number of piperidine rings is 1. The smallest absolute Gasteiger partial charge is 0.316 e. The van der Waals surface area contributed by atoms with Gasteiger partial charge in [-0.15, -0.1) is 0 Å². The topological polar surface area (TPSA) is 42.2 Å². The van der Waals surface area contributed by atoms with Crippen LogP contribution in [0.4, 0.5) is 13.2 Å². The second kappa shape index (κ2) is 5.93. The molecule has 2 unspecified atom stereocenters. The van der Waals surface area contributed by atoms with Gasteiger partial charge in [0.25, 0.3) is 0 Å². The van der Waals surface area contributed by atoms with E-state index >= 15 is 0 Å². The zero-order valence-corrected chi connectivity index (χ0v) is 15.5. The highest BCUT2D eigenvalue weighted by molar-refractivity contribution is 5.46. The van der Waals surface area contributed by atoms with Gasteiger partial charge in [-0.3, -0.25) is 0 Å². The Morgan fingerprint density at radius 1 is 1.15 bits per heavy atom. The molecule has 2 aromatic rings. The summed E-state index contributed by atoms with van der Waals surface area (Å²) in [6.07, 6.45) is -0.170. The average Bonchev–Trinajstić information content (AvgIpc) is 3.24. The second-order valence-corrected chi connectivity index (χ2v) is 8.73. The zero-order valence-electron chi connectivity index (χ0n) is 15.5. The first-order valence-corrected chi connectivity index (χ1v) is 10.0. The van der Waals surface area contributed by atoms with Gasteiger partial charge in [-0.2, -0.15) is 18.3 Å². The van der Waals surface area contributed by atoms with Crippen LogP contribution in [0.3, 0.4) is 0 Å². The fourth-order valence-electron chi connectivity index (χ4n) is 5.36. The van der Waals surface area contributed by atoms with Crippen LogP contribution in [0.2, 0.25) is 0 Å². The van der Waals surface area contributed by atoms with E-state index in [4.69, 9.17) is 5.10 Å². The van der Waals surface area contributed by atoms with E-state index in [1.807, 2.05) is 17.5 Å². The van der Waals surface area contributed by atoms with Crippen molar-refractivity contribution in [2.75, 3.05) is 13.1 Å². The molecule has 1 saturated heterocycles. The number of rotatable bonds is 2. The lowest BCUT2D eigenvalue weighted by molar-refractivity contribution is -0.182. The summed E-state index contributed by atoms with van der Waals surface area (Å²) in [4.78, 5) is 4.65. The fourth-order valence-corrected chi connectivity index (χ4v) is 5.36. The van der Waals surface area contributed by atoms with Crippen LogP contribution in [0, 0.1) is 18.8 Å². The Kier molecular flexibility index (Phi) is 3.84. The third-order valence-corrected chi connectivity index (χ3v) is 7.03. The van der Waals surface area contributed by atoms with Gasteiger partial charge in [0.15, 0.2) is 5.65 Å². The molecule has 7 heteroatoms. The maximum atomic E-state index is 13.0. The van der Waals surface area contributed by atoms with Crippen LogP contribution in [0.15, 0.2) is 12.1 Å². The van der Waals surface area contributed by atoms with Crippen molar-refractivity contribution < 1.29 is 13.2 Å². The van der Waals surface area contributed by atoms with Crippen LogP contribution in [-0.2, 0) is 5.41 Å². The molecule has 3 fully saturated rings. The van der Waals surface area contributed by atoms with E-state index in [0.717, 1.165) is 30.1 Å². The predicted octanol–water partition coefficient (Wildman–Crippen LogP) is 4.12. The highest BCUT2D eigenvalue weighted by Gasteiger charge is 2.57. The minimum absolute atomic E-state index is 0.107. The van der Waals surface area contributed by atoms with E-state index < -0.39 is 12.1 Å². The van der Waals surface area contributed by atoms with Gasteiger partial charge in [-0.25, -0.2) is 9.50 Å². The second-order valence-electron chi connectivity index (χ2n) is 8.73. The zero-order chi connectivity index (χ0) is 18.8. The molecule has 1 aliphatic heterocycles. The number of fused-ring (bicyclic) bond motifs is 2. The van der Waals surface area contributed by atoms with Crippen molar-refractivity contribution in [1.29, 1.82) is 0 Å². The molecular weight excluding hydrogens is 353 g/mol. The summed E-state index contributed by atoms with van der Waals surface area (Å²) in [6.45, 7) is 4.06. The molecular formula is C20H25F3N4. The van der Waals surface area contributed by atoms with Crippen molar-refractivity contribution >= 4 is 5.65 Å². The Balaban J connectivity index is 1.46. The summed E-state index contributed by atoms with van der Waals surface area (Å²) in [6, 6.07) is 4.15. The molecule has 0 spiro atoms. The molecule has 3 heterocycles. The molecule has 3 aliphatic rings. The molecule has 5 rings (SSSR count). The number of hydrogen-bond acceptors (Lipinski definition) is 3. The third kappa shape index (κ3) is 2.85. The third-order valence-electron chi connectivity index (χ3n) is 7.03. The predicted molar refractivity (Wildman–Crippen MR) is 95.7 cm³/mol. The Morgan fingerprint density at radius 2 is 1.93 bits per heavy atom. The molecule has 0 amide bonds. The van der Waals surface area contributed by atoms with Gasteiger partial charge in [-0.1, -0.05) is 0 Å². The van der Waals surface area contributed by atoms with Crippen LogP contribution in [0.5, 0.6) is 0 Å². The standard InChI is InChI=1S/C20H25F3N4/c1-12-8-17(19-10-15(19)6-7-24-11-19)27-18(25-12)9-16(26-27)13-2-4-14(5-3-13)20(21,22)23/h8-9,13-15,24H,2-7,10-11H2,1H3/t13-,14-,15?,19?. The van der Waals surface area contributed by atoms with E-state index in [2.05, 4.69) is 16.4 Å². The number of nitrogens with one attached hydrogen (secondary N) is 1. The summed E-state index contributed by atoms with van der Waals surface area (Å²) < 4.78 is 40.8. The maximum absolute atomic E-state index is 13.0. The fraction of sp³-hybridized carbons (Fsp3) is 0.700. The van der Waals surface area contributed by atoms with Crippen LogP contribution in [-0.4, -0.2) is 33.9 Å². The number of halogens is 3. The number of nitrogens with zero attached hydrogens (tertiary/aromatic N) is 3. The Bertz CT molecular complexity index is 866. The Morgan fingerprint density at radius 3 is 2.63 bits per heavy atom. The number of aryl methyl sites for hydroxylation is 1. The van der Waals surface area contributed by atoms with Crippen molar-refractivity contribution in [3.8, 4) is 0 Å². The molecule has 27 heavy (non-hydrogen) atoms. The van der Waals surface area contributed by atoms with Crippen molar-refractivity contribution in [2.45, 2.75) is 63.0 Å². The molecule has 146 valence electrons. The van der Waals surface area contributed by atoms with Gasteiger partial charge < -0.3 is 5.32 Å². The van der Waals surface area contributed by atoms with Crippen LogP contribution in [0.1, 0.15) is 61.5 Å². The van der Waals surface area contributed by atoms with Crippen LogP contribution in [0.25, 0.3) is 5.65 Å². The Labute approximate surface area is 156 Å². The molecule has 0 radical (unpaired) electrons. The molecule has 4 nitrogen and oxygen atoms in total. The normalized spacial score (nSPS) is 33.9. The SMILES string of the molecule is Cc1cc(C23CNCCC2C3)n2nc([C@H]3CC[C@H](C(F)(F)F)CC3)cc2n1. The first-order chi connectivity index (χ1) is 12.9. The molecule has 2 atom stereocenters. The lowest BCUT2D eigenvalue weighted by atomic mass is 9.80. The first kappa shape index (κ1) is 17.5. The quantitative estimate of drug-likeness (QED) is 0.855. The molecule has 2 aliphatic carbocycles. The van der Waals surface area contributed by atoms with E-state index in [1.54, 1.807) is 0 Å². The monoisotopic (exact) mass is 378 g/mol. The lowest BCUT2D eigenvalue weighted by Crippen LogP contribution is -2.35. The van der Waals surface area contributed by atoms with Gasteiger partial charge >= 0.3 is 6.18 Å². The van der Waals surface area contributed by atoms with Gasteiger partial charge in [0.05, 0.1) is 17.3 Å². The largest absolute Gasteiger partial charge is 0.391 e. The van der Waals surface area contributed by atoms with E-state index in [1.165, 1.54) is 18.5 Å². The average molecular weight is 378 g/mol. The van der Waals surface area contributed by atoms with Crippen molar-refractivity contribution in [3.63, 3.8) is 0 Å². The molecule has 1 N–H and O–H groups in total. The summed E-state index contributed by atoms with van der Waals surface area (Å²) >= 11 is 0. The van der Waals surface area contributed by atoms with E-state index in [0.29, 0.717) is 18.8 Å². The Hall–Kier alpha value is -1.63. The highest BCUT2D eigenvalue weighted by atomic mass is 19.4. The summed E-state index contributed by atoms with van der Waals surface area (Å²) in [5.41, 5.74) is 4.10. The van der Waals surface area contributed by atoms with Crippen LogP contribution < -0.4 is 5.32 Å². The molecule has 2 aromatic heterocycles. The summed E-state index contributed by atoms with van der Waals surface area (Å²) in [5.74, 6) is -0.338. The van der Waals surface area contributed by atoms with Gasteiger partial charge in [0.1, 0.15) is 0 Å². The molecule has 2 saturated carbocycles. The highest BCUT2D eigenvalue weighted by Crippen LogP contribution is 2.57. The lowest BCUT2D eigenvalue weighted by Gasteiger charge is -2.28. The first-order valence-electron chi connectivity index (χ1n) is 10.0. The van der Waals surface area contributed by atoms with Crippen LogP contribution >= 0.6 is 0 Å². The summed E-state index contributed by atoms with van der Waals surface area (Å²) in [7, 11) is 0. The minimum Gasteiger partial charge on any atom is -0.316 e. The van der Waals surface area contributed by atoms with Crippen molar-refractivity contribution in [2.24, 2.45) is 11.8 Å². The number of aromatic nitrogens is 3. The van der Waals surface area contributed by atoms with Gasteiger partial charge in [0, 0.05) is 29.6 Å². The van der Waals surface area contributed by atoms with Crippen molar-refractivity contribution in [3.05, 3.63) is 29.2 Å². The number of hydrogen-bond donors (Lipinski definition) is 1. The van der Waals surface area contributed by atoms with E-state index in [-0.39, 0.29) is 24.2 Å². The number of alkyl halides is 3. The summed E-state index contributed by atoms with van der Waals surface area (Å²) in [5, 5.41) is 8.38. The molecule has 0 aromatic carbocycles. The van der Waals surface area contributed by atoms with Crippen molar-refractivity contribution in [1.82, 2.24) is 19.9 Å². The maximum Gasteiger partial charge on any atom is 0.391 e. The minimum atomic E-state index is -4.07. The van der Waals surface area contributed by atoms with E-state index in [9.17, 15) is 13.2 Å².